The molecule has 1 saturated heterocycles. The van der Waals surface area contributed by atoms with Gasteiger partial charge < -0.3 is 4.74 Å². The van der Waals surface area contributed by atoms with Crippen LogP contribution in [0.3, 0.4) is 0 Å². The van der Waals surface area contributed by atoms with Crippen molar-refractivity contribution in [2.24, 2.45) is 5.41 Å². The molecule has 0 spiro atoms. The molecule has 2 aromatic rings. The Hall–Kier alpha value is -1.84. The first kappa shape index (κ1) is 18.0. The number of hydrogen-bond donors (Lipinski definition) is 0. The molecule has 25 heavy (non-hydrogen) atoms. The SMILES string of the molecule is C=CCC1(C)CC(c2cncc(Cl)c2)C(c2ccc(Cl)cc2)OC1=O. The molecular formula is C20H19Cl2NO2. The third-order valence-electron chi connectivity index (χ3n) is 4.71. The zero-order valence-electron chi connectivity index (χ0n) is 13.9. The molecular weight excluding hydrogens is 357 g/mol. The summed E-state index contributed by atoms with van der Waals surface area (Å²) in [6.07, 6.45) is 5.93. The smallest absolute Gasteiger partial charge is 0.312 e. The number of hydrogen-bond acceptors (Lipinski definition) is 3. The van der Waals surface area contributed by atoms with Crippen LogP contribution in [0, 0.1) is 5.41 Å². The lowest BCUT2D eigenvalue weighted by molar-refractivity contribution is -0.171. The Morgan fingerprint density at radius 3 is 2.60 bits per heavy atom. The van der Waals surface area contributed by atoms with Crippen molar-refractivity contribution in [2.45, 2.75) is 31.8 Å². The number of aromatic nitrogens is 1. The van der Waals surface area contributed by atoms with E-state index in [4.69, 9.17) is 27.9 Å². The third kappa shape index (κ3) is 3.73. The van der Waals surface area contributed by atoms with E-state index in [0.717, 1.165) is 11.1 Å². The zero-order chi connectivity index (χ0) is 18.0. The van der Waals surface area contributed by atoms with Gasteiger partial charge in [0, 0.05) is 23.3 Å². The molecule has 3 unspecified atom stereocenters. The maximum atomic E-state index is 12.7. The normalized spacial score (nSPS) is 26.1. The molecule has 1 aliphatic heterocycles. The van der Waals surface area contributed by atoms with Gasteiger partial charge in [0.1, 0.15) is 6.10 Å². The second kappa shape index (κ2) is 7.19. The summed E-state index contributed by atoms with van der Waals surface area (Å²) in [5.74, 6) is -0.256. The summed E-state index contributed by atoms with van der Waals surface area (Å²) in [4.78, 5) is 16.9. The number of pyridine rings is 1. The number of cyclic esters (lactones) is 1. The van der Waals surface area contributed by atoms with Gasteiger partial charge in [-0.2, -0.15) is 0 Å². The summed E-state index contributed by atoms with van der Waals surface area (Å²) in [6, 6.07) is 9.27. The van der Waals surface area contributed by atoms with Crippen molar-refractivity contribution in [1.29, 1.82) is 0 Å². The van der Waals surface area contributed by atoms with Gasteiger partial charge in [-0.05, 0) is 49.1 Å². The van der Waals surface area contributed by atoms with E-state index in [1.165, 1.54) is 0 Å². The van der Waals surface area contributed by atoms with E-state index in [2.05, 4.69) is 11.6 Å². The van der Waals surface area contributed by atoms with Crippen LogP contribution in [-0.2, 0) is 9.53 Å². The van der Waals surface area contributed by atoms with Crippen LogP contribution >= 0.6 is 23.2 Å². The molecule has 5 heteroatoms. The Labute approximate surface area is 157 Å². The number of ether oxygens (including phenoxy) is 1. The van der Waals surface area contributed by atoms with Crippen LogP contribution < -0.4 is 0 Å². The predicted molar refractivity (Wildman–Crippen MR) is 99.8 cm³/mol. The first-order chi connectivity index (χ1) is 11.9. The van der Waals surface area contributed by atoms with Crippen LogP contribution in [-0.4, -0.2) is 11.0 Å². The average Bonchev–Trinajstić information content (AvgIpc) is 2.58. The Morgan fingerprint density at radius 2 is 1.96 bits per heavy atom. The van der Waals surface area contributed by atoms with Crippen LogP contribution in [0.25, 0.3) is 0 Å². The molecule has 0 bridgehead atoms. The van der Waals surface area contributed by atoms with Gasteiger partial charge in [0.15, 0.2) is 0 Å². The summed E-state index contributed by atoms with van der Waals surface area (Å²) in [5, 5.41) is 1.21. The Morgan fingerprint density at radius 1 is 1.24 bits per heavy atom. The number of rotatable bonds is 4. The molecule has 1 fully saturated rings. The number of carbonyl (C=O) groups is 1. The molecule has 3 rings (SSSR count). The van der Waals surface area contributed by atoms with Crippen molar-refractivity contribution in [2.75, 3.05) is 0 Å². The molecule has 1 aromatic heterocycles. The quantitative estimate of drug-likeness (QED) is 0.504. The van der Waals surface area contributed by atoms with Crippen LogP contribution in [0.2, 0.25) is 10.0 Å². The second-order valence-corrected chi connectivity index (χ2v) is 7.55. The van der Waals surface area contributed by atoms with Crippen molar-refractivity contribution in [3.8, 4) is 0 Å². The van der Waals surface area contributed by atoms with Gasteiger partial charge >= 0.3 is 5.97 Å². The first-order valence-corrected chi connectivity index (χ1v) is 8.86. The minimum absolute atomic E-state index is 0.0463. The van der Waals surface area contributed by atoms with E-state index in [-0.39, 0.29) is 11.9 Å². The van der Waals surface area contributed by atoms with Crippen molar-refractivity contribution < 1.29 is 9.53 Å². The summed E-state index contributed by atoms with van der Waals surface area (Å²) in [7, 11) is 0. The molecule has 1 aromatic carbocycles. The average molecular weight is 376 g/mol. The fourth-order valence-corrected chi connectivity index (χ4v) is 3.69. The lowest BCUT2D eigenvalue weighted by Crippen LogP contribution is -2.39. The molecule has 0 saturated carbocycles. The zero-order valence-corrected chi connectivity index (χ0v) is 15.4. The van der Waals surface area contributed by atoms with Crippen LogP contribution in [0.4, 0.5) is 0 Å². The summed E-state index contributed by atoms with van der Waals surface area (Å²) >= 11 is 12.1. The van der Waals surface area contributed by atoms with Gasteiger partial charge in [-0.3, -0.25) is 9.78 Å². The van der Waals surface area contributed by atoms with E-state index >= 15 is 0 Å². The highest BCUT2D eigenvalue weighted by molar-refractivity contribution is 6.30. The largest absolute Gasteiger partial charge is 0.456 e. The number of allylic oxidation sites excluding steroid dienone is 1. The molecule has 0 radical (unpaired) electrons. The Bertz CT molecular complexity index is 791. The van der Waals surface area contributed by atoms with E-state index in [1.54, 1.807) is 30.6 Å². The molecule has 0 amide bonds. The lowest BCUT2D eigenvalue weighted by Gasteiger charge is -2.41. The maximum Gasteiger partial charge on any atom is 0.312 e. The highest BCUT2D eigenvalue weighted by Crippen LogP contribution is 2.49. The highest BCUT2D eigenvalue weighted by atomic mass is 35.5. The number of halogens is 2. The van der Waals surface area contributed by atoms with E-state index in [0.29, 0.717) is 22.9 Å². The van der Waals surface area contributed by atoms with Crippen molar-refractivity contribution >= 4 is 29.2 Å². The summed E-state index contributed by atoms with van der Waals surface area (Å²) in [5.41, 5.74) is 1.25. The minimum Gasteiger partial charge on any atom is -0.456 e. The van der Waals surface area contributed by atoms with Crippen molar-refractivity contribution in [3.63, 3.8) is 0 Å². The minimum atomic E-state index is -0.613. The fraction of sp³-hybridized carbons (Fsp3) is 0.300. The number of esters is 1. The van der Waals surface area contributed by atoms with Gasteiger partial charge in [0.05, 0.1) is 10.4 Å². The monoisotopic (exact) mass is 375 g/mol. The first-order valence-electron chi connectivity index (χ1n) is 8.11. The Balaban J connectivity index is 2.03. The van der Waals surface area contributed by atoms with Gasteiger partial charge in [0.2, 0.25) is 0 Å². The summed E-state index contributed by atoms with van der Waals surface area (Å²) < 4.78 is 5.89. The number of carbonyl (C=O) groups excluding carboxylic acids is 1. The number of nitrogens with zero attached hydrogens (tertiary/aromatic N) is 1. The molecule has 2 heterocycles. The van der Waals surface area contributed by atoms with Gasteiger partial charge in [-0.15, -0.1) is 6.58 Å². The standard InChI is InChI=1S/C20H19Cl2NO2/c1-3-8-20(2)10-17(14-9-16(22)12-23-11-14)18(25-19(20)24)13-4-6-15(21)7-5-13/h3-7,9,11-12,17-18H,1,8,10H2,2H3. The molecule has 0 aliphatic carbocycles. The topological polar surface area (TPSA) is 39.2 Å². The van der Waals surface area contributed by atoms with E-state index < -0.39 is 11.5 Å². The molecule has 130 valence electrons. The molecule has 1 aliphatic rings. The van der Waals surface area contributed by atoms with Gasteiger partial charge in [-0.25, -0.2) is 0 Å². The Kier molecular flexibility index (Phi) is 5.16. The van der Waals surface area contributed by atoms with Crippen LogP contribution in [0.5, 0.6) is 0 Å². The highest BCUT2D eigenvalue weighted by Gasteiger charge is 2.46. The fourth-order valence-electron chi connectivity index (χ4n) is 3.38. The van der Waals surface area contributed by atoms with Gasteiger partial charge in [0.25, 0.3) is 0 Å². The molecule has 0 N–H and O–H groups in total. The lowest BCUT2D eigenvalue weighted by atomic mass is 9.71. The van der Waals surface area contributed by atoms with E-state index in [1.807, 2.05) is 25.1 Å². The van der Waals surface area contributed by atoms with E-state index in [9.17, 15) is 4.79 Å². The maximum absolute atomic E-state index is 12.7. The number of benzene rings is 1. The summed E-state index contributed by atoms with van der Waals surface area (Å²) in [6.45, 7) is 5.69. The van der Waals surface area contributed by atoms with Crippen LogP contribution in [0.15, 0.2) is 55.4 Å². The van der Waals surface area contributed by atoms with Gasteiger partial charge in [-0.1, -0.05) is 41.4 Å². The predicted octanol–water partition coefficient (Wildman–Crippen LogP) is 5.74. The second-order valence-electron chi connectivity index (χ2n) is 6.68. The molecule has 3 atom stereocenters. The van der Waals surface area contributed by atoms with Crippen molar-refractivity contribution in [3.05, 3.63) is 76.6 Å². The van der Waals surface area contributed by atoms with Crippen LogP contribution in [0.1, 0.15) is 42.9 Å². The molecule has 3 nitrogen and oxygen atoms in total. The third-order valence-corrected chi connectivity index (χ3v) is 5.17. The van der Waals surface area contributed by atoms with Crippen molar-refractivity contribution in [1.82, 2.24) is 4.98 Å².